The van der Waals surface area contributed by atoms with Crippen LogP contribution in [-0.4, -0.2) is 42.1 Å². The number of hydrogen-bond donors (Lipinski definition) is 3. The van der Waals surface area contributed by atoms with Gasteiger partial charge in [-0.3, -0.25) is 9.59 Å². The third-order valence-corrected chi connectivity index (χ3v) is 8.19. The average Bonchev–Trinajstić information content (AvgIpc) is 3.25. The molecule has 2 aliphatic rings. The Morgan fingerprint density at radius 1 is 1.16 bits per heavy atom. The summed E-state index contributed by atoms with van der Waals surface area (Å²) in [6.07, 6.45) is 13.0. The van der Waals surface area contributed by atoms with Crippen molar-refractivity contribution in [3.8, 4) is 0 Å². The van der Waals surface area contributed by atoms with Gasteiger partial charge in [-0.15, -0.1) is 0 Å². The smallest absolute Gasteiger partial charge is 0.305 e. The highest BCUT2D eigenvalue weighted by Crippen LogP contribution is 2.42. The fourth-order valence-corrected chi connectivity index (χ4v) is 5.82. The number of aliphatic carboxylic acids is 1. The van der Waals surface area contributed by atoms with Gasteiger partial charge in [0.25, 0.3) is 5.91 Å². The van der Waals surface area contributed by atoms with Crippen LogP contribution >= 0.6 is 11.8 Å². The lowest BCUT2D eigenvalue weighted by molar-refractivity contribution is -0.136. The van der Waals surface area contributed by atoms with Crippen LogP contribution < -0.4 is 10.6 Å². The lowest BCUT2D eigenvalue weighted by Gasteiger charge is -2.31. The van der Waals surface area contributed by atoms with Crippen LogP contribution in [0.5, 0.6) is 0 Å². The fourth-order valence-electron chi connectivity index (χ4n) is 5.41. The maximum Gasteiger partial charge on any atom is 0.305 e. The summed E-state index contributed by atoms with van der Waals surface area (Å²) < 4.78 is 12.6. The van der Waals surface area contributed by atoms with Crippen LogP contribution in [0.15, 0.2) is 34.4 Å². The molecule has 1 aromatic carbocycles. The molecule has 7 nitrogen and oxygen atoms in total. The number of carboxylic acid groups (broad SMARTS) is 1. The van der Waals surface area contributed by atoms with Crippen molar-refractivity contribution in [3.05, 3.63) is 58.2 Å². The van der Waals surface area contributed by atoms with Crippen LogP contribution in [0.4, 0.5) is 5.69 Å². The highest BCUT2D eigenvalue weighted by molar-refractivity contribution is 7.98. The Morgan fingerprint density at radius 2 is 1.92 bits per heavy atom. The molecule has 0 bridgehead atoms. The van der Waals surface area contributed by atoms with Crippen LogP contribution in [0, 0.1) is 12.8 Å². The number of carboxylic acids is 1. The van der Waals surface area contributed by atoms with E-state index in [1.54, 1.807) is 12.1 Å². The number of carbonyl (C=O) groups excluding carboxylic acids is 1. The summed E-state index contributed by atoms with van der Waals surface area (Å²) >= 11 is 1.85. The van der Waals surface area contributed by atoms with E-state index in [9.17, 15) is 9.59 Å². The average molecular weight is 541 g/mol. The Balaban J connectivity index is 1.50. The van der Waals surface area contributed by atoms with Crippen molar-refractivity contribution >= 4 is 35.4 Å². The summed E-state index contributed by atoms with van der Waals surface area (Å²) in [5.74, 6) is 3.49. The zero-order valence-corrected chi connectivity index (χ0v) is 23.3. The third kappa shape index (κ3) is 7.37. The number of carbonyl (C=O) groups is 2. The number of hydrogen-bond acceptors (Lipinski definition) is 6. The molecule has 4 rings (SSSR count). The number of ether oxygens (including phenoxy) is 1. The number of benzene rings is 1. The lowest BCUT2D eigenvalue weighted by atomic mass is 9.82. The van der Waals surface area contributed by atoms with Gasteiger partial charge in [-0.25, -0.2) is 0 Å². The summed E-state index contributed by atoms with van der Waals surface area (Å²) in [5.41, 5.74) is 3.80. The molecule has 1 saturated carbocycles. The number of allylic oxidation sites excluding steroid dienone is 1. The minimum atomic E-state index is -0.932. The molecule has 3 N–H and O–H groups in total. The van der Waals surface area contributed by atoms with Gasteiger partial charge in [0.1, 0.15) is 11.5 Å². The molecule has 0 spiro atoms. The monoisotopic (exact) mass is 540 g/mol. The second-order valence-electron chi connectivity index (χ2n) is 10.2. The van der Waals surface area contributed by atoms with E-state index in [2.05, 4.69) is 29.9 Å². The Labute approximate surface area is 229 Å². The number of rotatable bonds is 13. The highest BCUT2D eigenvalue weighted by Gasteiger charge is 2.32. The Bertz CT molecular complexity index is 1120. The van der Waals surface area contributed by atoms with E-state index in [4.69, 9.17) is 14.3 Å². The number of fused-ring (bicyclic) bond motifs is 1. The van der Waals surface area contributed by atoms with E-state index in [-0.39, 0.29) is 24.9 Å². The zero-order valence-electron chi connectivity index (χ0n) is 22.5. The summed E-state index contributed by atoms with van der Waals surface area (Å²) in [6, 6.07) is 7.44. The minimum Gasteiger partial charge on any atom is -0.498 e. The first-order valence-electron chi connectivity index (χ1n) is 13.8. The Morgan fingerprint density at radius 3 is 2.63 bits per heavy atom. The molecule has 0 saturated heterocycles. The largest absolute Gasteiger partial charge is 0.498 e. The van der Waals surface area contributed by atoms with E-state index < -0.39 is 5.97 Å². The number of amides is 1. The maximum absolute atomic E-state index is 12.4. The number of aryl methyl sites for hydroxylation is 1. The predicted molar refractivity (Wildman–Crippen MR) is 153 cm³/mol. The van der Waals surface area contributed by atoms with E-state index in [1.165, 1.54) is 30.4 Å². The van der Waals surface area contributed by atoms with Gasteiger partial charge in [0, 0.05) is 41.8 Å². The Hall–Kier alpha value is -2.87. The van der Waals surface area contributed by atoms with Crippen LogP contribution in [0.2, 0.25) is 0 Å². The van der Waals surface area contributed by atoms with Crippen molar-refractivity contribution in [2.24, 2.45) is 5.92 Å². The van der Waals surface area contributed by atoms with Crippen LogP contribution in [0.1, 0.15) is 90.4 Å². The quantitative estimate of drug-likeness (QED) is 0.247. The van der Waals surface area contributed by atoms with Crippen molar-refractivity contribution in [1.82, 2.24) is 5.32 Å². The first kappa shape index (κ1) is 28.1. The normalized spacial score (nSPS) is 16.3. The van der Waals surface area contributed by atoms with Gasteiger partial charge in [-0.2, -0.15) is 11.8 Å². The molecule has 0 radical (unpaired) electrons. The standard InChI is InChI=1S/C30H40N2O5S/c1-20-25-19-24(36-17-6-18-38-2)13-14-26(25)37-29(20)28(21-7-4-3-5-8-21)32-23-11-9-22(10-12-23)30(35)31-16-15-27(33)34/h9-12,19,21,28,32H,3-8,13-18H2,1-2H3,(H,31,35)(H,33,34). The first-order valence-corrected chi connectivity index (χ1v) is 15.2. The molecule has 1 atom stereocenters. The summed E-state index contributed by atoms with van der Waals surface area (Å²) in [7, 11) is 0. The number of thioether (sulfide) groups is 1. The van der Waals surface area contributed by atoms with Crippen LogP contribution in [0.3, 0.4) is 0 Å². The van der Waals surface area contributed by atoms with Gasteiger partial charge in [0.15, 0.2) is 0 Å². The van der Waals surface area contributed by atoms with Gasteiger partial charge < -0.3 is 24.9 Å². The number of furan rings is 1. The second kappa shape index (κ2) is 13.8. The van der Waals surface area contributed by atoms with Crippen LogP contribution in [0.25, 0.3) is 6.08 Å². The molecular formula is C30H40N2O5S. The van der Waals surface area contributed by atoms with Gasteiger partial charge >= 0.3 is 5.97 Å². The van der Waals surface area contributed by atoms with Gasteiger partial charge in [0.05, 0.1) is 24.8 Å². The molecule has 1 amide bonds. The molecule has 1 aromatic heterocycles. The lowest BCUT2D eigenvalue weighted by Crippen LogP contribution is -2.26. The predicted octanol–water partition coefficient (Wildman–Crippen LogP) is 6.58. The van der Waals surface area contributed by atoms with Crippen molar-refractivity contribution in [2.75, 3.05) is 30.5 Å². The van der Waals surface area contributed by atoms with Gasteiger partial charge in [-0.1, -0.05) is 19.3 Å². The number of nitrogens with one attached hydrogen (secondary N) is 2. The molecular weight excluding hydrogens is 500 g/mol. The van der Waals surface area contributed by atoms with Crippen molar-refractivity contribution in [3.63, 3.8) is 0 Å². The first-order chi connectivity index (χ1) is 18.5. The molecule has 0 aliphatic heterocycles. The summed E-state index contributed by atoms with van der Waals surface area (Å²) in [4.78, 5) is 23.1. The summed E-state index contributed by atoms with van der Waals surface area (Å²) in [5, 5.41) is 15.2. The zero-order chi connectivity index (χ0) is 26.9. The van der Waals surface area contributed by atoms with E-state index in [0.29, 0.717) is 11.5 Å². The topological polar surface area (TPSA) is 101 Å². The molecule has 1 unspecified atom stereocenters. The van der Waals surface area contributed by atoms with Crippen molar-refractivity contribution in [1.29, 1.82) is 0 Å². The van der Waals surface area contributed by atoms with Crippen molar-refractivity contribution in [2.45, 2.75) is 70.8 Å². The highest BCUT2D eigenvalue weighted by atomic mass is 32.2. The Kier molecular flexibility index (Phi) is 10.2. The maximum atomic E-state index is 12.4. The minimum absolute atomic E-state index is 0.0514. The molecule has 1 fully saturated rings. The van der Waals surface area contributed by atoms with Crippen molar-refractivity contribution < 1.29 is 23.8 Å². The van der Waals surface area contributed by atoms with E-state index in [1.807, 2.05) is 23.9 Å². The second-order valence-corrected chi connectivity index (χ2v) is 11.2. The van der Waals surface area contributed by atoms with Crippen LogP contribution in [-0.2, 0) is 16.0 Å². The summed E-state index contributed by atoms with van der Waals surface area (Å²) in [6.45, 7) is 3.03. The third-order valence-electron chi connectivity index (χ3n) is 7.49. The molecule has 2 aromatic rings. The van der Waals surface area contributed by atoms with E-state index >= 15 is 0 Å². The molecule has 38 heavy (non-hydrogen) atoms. The van der Waals surface area contributed by atoms with E-state index in [0.717, 1.165) is 67.4 Å². The molecule has 8 heteroatoms. The molecule has 1 heterocycles. The fraction of sp³-hybridized carbons (Fsp3) is 0.533. The molecule has 206 valence electrons. The SMILES string of the molecule is CSCCCOC1=Cc2c(oc(C(Nc3ccc(C(=O)NCCC(=O)O)cc3)C3CCCCC3)c2C)CC1. The van der Waals surface area contributed by atoms with Gasteiger partial charge in [-0.05, 0) is 74.5 Å². The molecule has 2 aliphatic carbocycles. The van der Waals surface area contributed by atoms with Gasteiger partial charge in [0.2, 0.25) is 0 Å². The number of anilines is 1.